The number of rotatable bonds is 0. The maximum atomic E-state index is 12.8. The van der Waals surface area contributed by atoms with Gasteiger partial charge in [-0.1, -0.05) is 12.2 Å². The van der Waals surface area contributed by atoms with Crippen molar-refractivity contribution < 1.29 is 22.0 Å². The zero-order valence-electron chi connectivity index (χ0n) is 5.78. The van der Waals surface area contributed by atoms with Crippen LogP contribution in [-0.2, 0) is 0 Å². The average molecular weight is 184 g/mol. The van der Waals surface area contributed by atoms with E-state index in [1.807, 2.05) is 0 Å². The molecule has 12 heavy (non-hydrogen) atoms. The highest BCUT2D eigenvalue weighted by atomic mass is 19.4. The molecule has 1 aliphatic rings. The molecule has 0 amide bonds. The van der Waals surface area contributed by atoms with E-state index < -0.39 is 18.0 Å². The molecule has 0 nitrogen and oxygen atoms in total. The lowest BCUT2D eigenvalue weighted by molar-refractivity contribution is -0.225. The quantitative estimate of drug-likeness (QED) is 0.508. The Morgan fingerprint density at radius 2 is 1.75 bits per heavy atom. The van der Waals surface area contributed by atoms with Crippen molar-refractivity contribution in [3.63, 3.8) is 0 Å². The molecule has 0 heterocycles. The molecule has 2 atom stereocenters. The molecule has 0 aromatic rings. The molecular formula is C7H5F5. The number of allylic oxidation sites excluding steroid dienone is 4. The topological polar surface area (TPSA) is 0 Å². The number of hydrogen-bond acceptors (Lipinski definition) is 0. The zero-order valence-corrected chi connectivity index (χ0v) is 5.78. The maximum absolute atomic E-state index is 12.8. The van der Waals surface area contributed by atoms with Gasteiger partial charge in [0.25, 0.3) is 5.67 Å². The Labute approximate surface area is 65.4 Å². The molecule has 0 bridgehead atoms. The molecule has 0 aromatic heterocycles. The van der Waals surface area contributed by atoms with Crippen LogP contribution >= 0.6 is 0 Å². The molecule has 0 spiro atoms. The van der Waals surface area contributed by atoms with Crippen molar-refractivity contribution >= 4 is 0 Å². The third-order valence-electron chi connectivity index (χ3n) is 1.57. The summed E-state index contributed by atoms with van der Waals surface area (Å²) >= 11 is 0. The minimum atomic E-state index is -5.20. The van der Waals surface area contributed by atoms with E-state index in [1.54, 1.807) is 0 Å². The van der Waals surface area contributed by atoms with Gasteiger partial charge in [-0.25, -0.2) is 8.78 Å². The SMILES string of the molecule is FC1C=CC=CC1(F)C(F)(F)F. The van der Waals surface area contributed by atoms with E-state index >= 15 is 0 Å². The number of hydrogen-bond donors (Lipinski definition) is 0. The van der Waals surface area contributed by atoms with Crippen LogP contribution in [0.15, 0.2) is 24.3 Å². The predicted octanol–water partition coefficient (Wildman–Crippen LogP) is 2.72. The van der Waals surface area contributed by atoms with Crippen molar-refractivity contribution in [2.75, 3.05) is 0 Å². The molecule has 5 heteroatoms. The van der Waals surface area contributed by atoms with Crippen LogP contribution in [-0.4, -0.2) is 18.0 Å². The van der Waals surface area contributed by atoms with Crippen molar-refractivity contribution in [3.05, 3.63) is 24.3 Å². The highest BCUT2D eigenvalue weighted by molar-refractivity contribution is 5.25. The second-order valence-electron chi connectivity index (χ2n) is 2.41. The van der Waals surface area contributed by atoms with E-state index in [1.165, 1.54) is 0 Å². The fourth-order valence-corrected chi connectivity index (χ4v) is 0.840. The van der Waals surface area contributed by atoms with Gasteiger partial charge in [0.1, 0.15) is 0 Å². The van der Waals surface area contributed by atoms with Gasteiger partial charge >= 0.3 is 6.18 Å². The van der Waals surface area contributed by atoms with Gasteiger partial charge in [-0.3, -0.25) is 0 Å². The Morgan fingerprint density at radius 3 is 2.08 bits per heavy atom. The van der Waals surface area contributed by atoms with Gasteiger partial charge in [0.05, 0.1) is 0 Å². The first-order valence-corrected chi connectivity index (χ1v) is 3.13. The van der Waals surface area contributed by atoms with E-state index in [4.69, 9.17) is 0 Å². The first-order chi connectivity index (χ1) is 5.38. The standard InChI is InChI=1S/C7H5F5/c8-5-3-1-2-4-6(5,9)7(10,11)12/h1-5H. The second kappa shape index (κ2) is 2.57. The van der Waals surface area contributed by atoms with Crippen molar-refractivity contribution in [2.24, 2.45) is 0 Å². The van der Waals surface area contributed by atoms with Gasteiger partial charge in [-0.15, -0.1) is 0 Å². The van der Waals surface area contributed by atoms with E-state index in [2.05, 4.69) is 0 Å². The second-order valence-corrected chi connectivity index (χ2v) is 2.41. The predicted molar refractivity (Wildman–Crippen MR) is 33.1 cm³/mol. The summed E-state index contributed by atoms with van der Waals surface area (Å²) in [5.74, 6) is 0. The molecule has 0 saturated heterocycles. The summed E-state index contributed by atoms with van der Waals surface area (Å²) in [5, 5.41) is 0. The molecular weight excluding hydrogens is 179 g/mol. The molecule has 0 radical (unpaired) electrons. The summed E-state index contributed by atoms with van der Waals surface area (Å²) < 4.78 is 61.0. The Hall–Kier alpha value is -0.870. The molecule has 0 saturated carbocycles. The largest absolute Gasteiger partial charge is 0.429 e. The van der Waals surface area contributed by atoms with Crippen molar-refractivity contribution in [1.82, 2.24) is 0 Å². The van der Waals surface area contributed by atoms with Crippen LogP contribution in [0.25, 0.3) is 0 Å². The van der Waals surface area contributed by atoms with E-state index in [9.17, 15) is 22.0 Å². The van der Waals surface area contributed by atoms with Crippen LogP contribution < -0.4 is 0 Å². The number of alkyl halides is 5. The van der Waals surface area contributed by atoms with Crippen molar-refractivity contribution in [3.8, 4) is 0 Å². The first-order valence-electron chi connectivity index (χ1n) is 3.13. The number of halogens is 5. The highest BCUT2D eigenvalue weighted by Crippen LogP contribution is 2.41. The molecule has 1 rings (SSSR count). The lowest BCUT2D eigenvalue weighted by Crippen LogP contribution is -2.47. The molecule has 68 valence electrons. The molecule has 0 aromatic carbocycles. The van der Waals surface area contributed by atoms with Gasteiger partial charge in [-0.05, 0) is 12.2 Å². The Kier molecular flexibility index (Phi) is 1.97. The normalized spacial score (nSPS) is 35.6. The van der Waals surface area contributed by atoms with Crippen molar-refractivity contribution in [2.45, 2.75) is 18.0 Å². The fraction of sp³-hybridized carbons (Fsp3) is 0.429. The highest BCUT2D eigenvalue weighted by Gasteiger charge is 2.59. The summed E-state index contributed by atoms with van der Waals surface area (Å²) in [6.45, 7) is 0. The van der Waals surface area contributed by atoms with Crippen molar-refractivity contribution in [1.29, 1.82) is 0 Å². The minimum absolute atomic E-state index is 0.178. The van der Waals surface area contributed by atoms with Crippen LogP contribution in [0, 0.1) is 0 Å². The Bertz CT molecular complexity index is 226. The summed E-state index contributed by atoms with van der Waals surface area (Å²) in [5.41, 5.74) is -3.86. The third-order valence-corrected chi connectivity index (χ3v) is 1.57. The Morgan fingerprint density at radius 1 is 1.17 bits per heavy atom. The summed E-state index contributed by atoms with van der Waals surface area (Å²) in [6.07, 6.45) is -5.26. The van der Waals surface area contributed by atoms with Crippen LogP contribution in [0.4, 0.5) is 22.0 Å². The van der Waals surface area contributed by atoms with Crippen LogP contribution in [0.2, 0.25) is 0 Å². The van der Waals surface area contributed by atoms with Gasteiger partial charge in [0, 0.05) is 0 Å². The molecule has 0 aliphatic heterocycles. The van der Waals surface area contributed by atoms with Crippen LogP contribution in [0.5, 0.6) is 0 Å². The van der Waals surface area contributed by atoms with Crippen LogP contribution in [0.3, 0.4) is 0 Å². The smallest absolute Gasteiger partial charge is 0.239 e. The third kappa shape index (κ3) is 1.23. The van der Waals surface area contributed by atoms with Gasteiger partial charge < -0.3 is 0 Å². The minimum Gasteiger partial charge on any atom is -0.239 e. The molecule has 2 unspecified atom stereocenters. The van der Waals surface area contributed by atoms with Gasteiger partial charge in [0.2, 0.25) is 0 Å². The van der Waals surface area contributed by atoms with E-state index in [-0.39, 0.29) is 6.08 Å². The Balaban J connectivity index is 2.99. The van der Waals surface area contributed by atoms with E-state index in [0.29, 0.717) is 6.08 Å². The maximum Gasteiger partial charge on any atom is 0.429 e. The lowest BCUT2D eigenvalue weighted by atomic mass is 9.95. The van der Waals surface area contributed by atoms with Gasteiger partial charge in [-0.2, -0.15) is 13.2 Å². The monoisotopic (exact) mass is 184 g/mol. The average Bonchev–Trinajstić information content (AvgIpc) is 1.93. The first kappa shape index (κ1) is 9.22. The van der Waals surface area contributed by atoms with E-state index in [0.717, 1.165) is 12.2 Å². The summed E-state index contributed by atoms with van der Waals surface area (Å²) in [4.78, 5) is 0. The van der Waals surface area contributed by atoms with Crippen LogP contribution in [0.1, 0.15) is 0 Å². The summed E-state index contributed by atoms with van der Waals surface area (Å²) in [7, 11) is 0. The lowest BCUT2D eigenvalue weighted by Gasteiger charge is -2.27. The molecule has 0 fully saturated rings. The zero-order chi connectivity index (χ0) is 9.41. The fourth-order valence-electron chi connectivity index (χ4n) is 0.840. The summed E-state index contributed by atoms with van der Waals surface area (Å²) in [6, 6.07) is 0. The van der Waals surface area contributed by atoms with Gasteiger partial charge in [0.15, 0.2) is 6.17 Å². The molecule has 1 aliphatic carbocycles. The molecule has 0 N–H and O–H groups in total.